The molecule has 1 atom stereocenters. The minimum atomic E-state index is -1.09. The van der Waals surface area contributed by atoms with Crippen molar-refractivity contribution in [2.24, 2.45) is 0 Å². The summed E-state index contributed by atoms with van der Waals surface area (Å²) in [6.45, 7) is 0. The van der Waals surface area contributed by atoms with Crippen molar-refractivity contribution in [3.05, 3.63) is 64.7 Å². The number of benzene rings is 2. The third-order valence-corrected chi connectivity index (χ3v) is 5.21. The van der Waals surface area contributed by atoms with Gasteiger partial charge in [0.05, 0.1) is 22.1 Å². The molecule has 4 heteroatoms. The van der Waals surface area contributed by atoms with E-state index in [9.17, 15) is 9.00 Å². The maximum Gasteiger partial charge on any atom is 0.335 e. The molecule has 0 aliphatic heterocycles. The second-order valence-corrected chi connectivity index (χ2v) is 6.73. The molecule has 0 saturated carbocycles. The van der Waals surface area contributed by atoms with Crippen LogP contribution in [0.15, 0.2) is 47.4 Å². The molecule has 3 nitrogen and oxygen atoms in total. The molecule has 0 spiro atoms. The Kier molecular flexibility index (Phi) is 3.88. The molecule has 0 fully saturated rings. The molecular formula is C17H16O3S. The summed E-state index contributed by atoms with van der Waals surface area (Å²) in [5.41, 5.74) is 3.84. The highest BCUT2D eigenvalue weighted by Gasteiger charge is 2.13. The van der Waals surface area contributed by atoms with Crippen LogP contribution in [0.5, 0.6) is 0 Å². The van der Waals surface area contributed by atoms with Gasteiger partial charge in [0, 0.05) is 4.90 Å². The zero-order valence-corrected chi connectivity index (χ0v) is 12.4. The summed E-state index contributed by atoms with van der Waals surface area (Å²) < 4.78 is 12.4. The van der Waals surface area contributed by atoms with E-state index in [1.165, 1.54) is 17.5 Å². The Morgan fingerprint density at radius 3 is 2.48 bits per heavy atom. The topological polar surface area (TPSA) is 54.4 Å². The highest BCUT2D eigenvalue weighted by molar-refractivity contribution is 7.84. The van der Waals surface area contributed by atoms with Crippen molar-refractivity contribution in [2.75, 3.05) is 0 Å². The molecule has 108 valence electrons. The SMILES string of the molecule is O=C(O)c1ccc(CS(=O)c2ccc3c(c2)CCC3)cc1. The van der Waals surface area contributed by atoms with E-state index in [0.717, 1.165) is 23.3 Å². The van der Waals surface area contributed by atoms with E-state index >= 15 is 0 Å². The molecule has 2 aromatic carbocycles. The molecule has 0 radical (unpaired) electrons. The van der Waals surface area contributed by atoms with Gasteiger partial charge in [0.1, 0.15) is 0 Å². The van der Waals surface area contributed by atoms with E-state index in [-0.39, 0.29) is 5.56 Å². The minimum Gasteiger partial charge on any atom is -0.478 e. The number of rotatable bonds is 4. The fourth-order valence-corrected chi connectivity index (χ4v) is 3.82. The molecule has 0 heterocycles. The number of carboxylic acid groups (broad SMARTS) is 1. The maximum absolute atomic E-state index is 12.4. The molecule has 0 amide bonds. The van der Waals surface area contributed by atoms with Crippen molar-refractivity contribution in [1.82, 2.24) is 0 Å². The number of aromatic carboxylic acids is 1. The van der Waals surface area contributed by atoms with Gasteiger partial charge in [-0.2, -0.15) is 0 Å². The second-order valence-electron chi connectivity index (χ2n) is 5.28. The lowest BCUT2D eigenvalue weighted by Crippen LogP contribution is -2.00. The van der Waals surface area contributed by atoms with Crippen LogP contribution in [0.25, 0.3) is 0 Å². The average molecular weight is 300 g/mol. The fraction of sp³-hybridized carbons (Fsp3) is 0.235. The van der Waals surface area contributed by atoms with Gasteiger partial charge in [0.2, 0.25) is 0 Å². The van der Waals surface area contributed by atoms with Gasteiger partial charge in [-0.3, -0.25) is 4.21 Å². The first-order valence-corrected chi connectivity index (χ1v) is 8.28. The van der Waals surface area contributed by atoms with Gasteiger partial charge in [-0.1, -0.05) is 18.2 Å². The number of carboxylic acids is 1. The summed E-state index contributed by atoms with van der Waals surface area (Å²) in [6, 6.07) is 12.7. The van der Waals surface area contributed by atoms with Crippen LogP contribution in [0.1, 0.15) is 33.5 Å². The summed E-state index contributed by atoms with van der Waals surface area (Å²) in [5, 5.41) is 8.87. The number of aryl methyl sites for hydroxylation is 2. The second kappa shape index (κ2) is 5.82. The van der Waals surface area contributed by atoms with Gasteiger partial charge < -0.3 is 5.11 Å². The smallest absolute Gasteiger partial charge is 0.335 e. The number of hydrogen-bond donors (Lipinski definition) is 1. The summed E-state index contributed by atoms with van der Waals surface area (Å²) in [6.07, 6.45) is 3.38. The predicted molar refractivity (Wildman–Crippen MR) is 82.0 cm³/mol. The Labute approximate surface area is 126 Å². The largest absolute Gasteiger partial charge is 0.478 e. The quantitative estimate of drug-likeness (QED) is 0.943. The van der Waals surface area contributed by atoms with Crippen LogP contribution in [0.2, 0.25) is 0 Å². The standard InChI is InChI=1S/C17H16O3S/c18-17(19)14-6-4-12(5-7-14)11-21(20)16-9-8-13-2-1-3-15(13)10-16/h4-10H,1-3,11H2,(H,18,19). The van der Waals surface area contributed by atoms with Crippen LogP contribution in [-0.4, -0.2) is 15.3 Å². The van der Waals surface area contributed by atoms with Crippen LogP contribution >= 0.6 is 0 Å². The number of hydrogen-bond acceptors (Lipinski definition) is 2. The van der Waals surface area contributed by atoms with Crippen LogP contribution < -0.4 is 0 Å². The Morgan fingerprint density at radius 1 is 1.05 bits per heavy atom. The van der Waals surface area contributed by atoms with Gasteiger partial charge in [-0.05, 0) is 60.2 Å². The Balaban J connectivity index is 1.75. The highest BCUT2D eigenvalue weighted by Crippen LogP contribution is 2.25. The van der Waals surface area contributed by atoms with Gasteiger partial charge in [-0.25, -0.2) is 4.79 Å². The normalized spacial score (nSPS) is 14.7. The summed E-state index contributed by atoms with van der Waals surface area (Å²) in [7, 11) is -1.09. The zero-order chi connectivity index (χ0) is 14.8. The molecule has 21 heavy (non-hydrogen) atoms. The fourth-order valence-electron chi connectivity index (χ4n) is 2.67. The van der Waals surface area contributed by atoms with Crippen molar-refractivity contribution in [3.63, 3.8) is 0 Å². The molecule has 0 saturated heterocycles. The van der Waals surface area contributed by atoms with Crippen LogP contribution in [-0.2, 0) is 29.4 Å². The number of carbonyl (C=O) groups is 1. The molecule has 3 rings (SSSR count). The molecule has 0 bridgehead atoms. The average Bonchev–Trinajstić information content (AvgIpc) is 2.95. The van der Waals surface area contributed by atoms with Gasteiger partial charge in [0.15, 0.2) is 0 Å². The molecule has 1 N–H and O–H groups in total. The van der Waals surface area contributed by atoms with Crippen LogP contribution in [0.4, 0.5) is 0 Å². The van der Waals surface area contributed by atoms with Crippen molar-refractivity contribution < 1.29 is 14.1 Å². The molecule has 1 unspecified atom stereocenters. The lowest BCUT2D eigenvalue weighted by molar-refractivity contribution is 0.0697. The molecule has 0 aromatic heterocycles. The highest BCUT2D eigenvalue weighted by atomic mass is 32.2. The first kappa shape index (κ1) is 14.0. The number of fused-ring (bicyclic) bond motifs is 1. The first-order valence-electron chi connectivity index (χ1n) is 6.96. The van der Waals surface area contributed by atoms with Crippen LogP contribution in [0.3, 0.4) is 0 Å². The van der Waals surface area contributed by atoms with Gasteiger partial charge >= 0.3 is 5.97 Å². The van der Waals surface area contributed by atoms with E-state index < -0.39 is 16.8 Å². The lowest BCUT2D eigenvalue weighted by Gasteiger charge is -2.06. The Bertz CT molecular complexity index is 704. The van der Waals surface area contributed by atoms with E-state index in [2.05, 4.69) is 12.1 Å². The predicted octanol–water partition coefficient (Wildman–Crippen LogP) is 3.18. The zero-order valence-electron chi connectivity index (χ0n) is 11.5. The van der Waals surface area contributed by atoms with Crippen molar-refractivity contribution in [3.8, 4) is 0 Å². The van der Waals surface area contributed by atoms with E-state index in [0.29, 0.717) is 5.75 Å². The monoisotopic (exact) mass is 300 g/mol. The molecule has 2 aromatic rings. The van der Waals surface area contributed by atoms with Gasteiger partial charge in [0.25, 0.3) is 0 Å². The van der Waals surface area contributed by atoms with Crippen LogP contribution in [0, 0.1) is 0 Å². The van der Waals surface area contributed by atoms with Crippen molar-refractivity contribution >= 4 is 16.8 Å². The Hall–Kier alpha value is -1.94. The maximum atomic E-state index is 12.4. The summed E-state index contributed by atoms with van der Waals surface area (Å²) >= 11 is 0. The first-order chi connectivity index (χ1) is 10.1. The third-order valence-electron chi connectivity index (χ3n) is 3.83. The minimum absolute atomic E-state index is 0.252. The summed E-state index contributed by atoms with van der Waals surface area (Å²) in [5.74, 6) is -0.528. The molecule has 1 aliphatic carbocycles. The summed E-state index contributed by atoms with van der Waals surface area (Å²) in [4.78, 5) is 11.7. The van der Waals surface area contributed by atoms with E-state index in [1.54, 1.807) is 24.3 Å². The third kappa shape index (κ3) is 3.05. The lowest BCUT2D eigenvalue weighted by atomic mass is 10.1. The Morgan fingerprint density at radius 2 is 1.76 bits per heavy atom. The molecule has 1 aliphatic rings. The molecular weight excluding hydrogens is 284 g/mol. The van der Waals surface area contributed by atoms with Crippen molar-refractivity contribution in [2.45, 2.75) is 29.9 Å². The van der Waals surface area contributed by atoms with E-state index in [4.69, 9.17) is 5.11 Å². The van der Waals surface area contributed by atoms with Gasteiger partial charge in [-0.15, -0.1) is 0 Å². The van der Waals surface area contributed by atoms with Crippen molar-refractivity contribution in [1.29, 1.82) is 0 Å². The van der Waals surface area contributed by atoms with E-state index in [1.807, 2.05) is 6.07 Å².